The van der Waals surface area contributed by atoms with E-state index in [2.05, 4.69) is 0 Å². The van der Waals surface area contributed by atoms with Gasteiger partial charge in [0.2, 0.25) is 5.43 Å². The first-order valence-electron chi connectivity index (χ1n) is 8.54. The summed E-state index contributed by atoms with van der Waals surface area (Å²) >= 11 is 0. The van der Waals surface area contributed by atoms with Crippen molar-refractivity contribution >= 4 is 0 Å². The van der Waals surface area contributed by atoms with Gasteiger partial charge in [-0.2, -0.15) is 0 Å². The zero-order valence-corrected chi connectivity index (χ0v) is 15.4. The lowest BCUT2D eigenvalue weighted by molar-refractivity contribution is 0.0452. The molecule has 0 aliphatic carbocycles. The second-order valence-electron chi connectivity index (χ2n) is 7.33. The topological polar surface area (TPSA) is 71.7 Å². The molecular formula is C20H25NO4. The van der Waals surface area contributed by atoms with Gasteiger partial charge in [-0.15, -0.1) is 0 Å². The maximum Gasteiger partial charge on any atom is 0.223 e. The molecule has 1 unspecified atom stereocenters. The molecule has 134 valence electrons. The first-order valence-corrected chi connectivity index (χ1v) is 8.54. The van der Waals surface area contributed by atoms with Gasteiger partial charge in [-0.1, -0.05) is 0 Å². The monoisotopic (exact) mass is 343 g/mol. The third kappa shape index (κ3) is 2.77. The summed E-state index contributed by atoms with van der Waals surface area (Å²) in [7, 11) is 0. The summed E-state index contributed by atoms with van der Waals surface area (Å²) in [6.45, 7) is 10.1. The van der Waals surface area contributed by atoms with Crippen molar-refractivity contribution in [1.29, 1.82) is 0 Å². The summed E-state index contributed by atoms with van der Waals surface area (Å²) in [6.07, 6.45) is 3.30. The number of hydrogen-bond acceptors (Lipinski definition) is 4. The van der Waals surface area contributed by atoms with Gasteiger partial charge in [-0.3, -0.25) is 4.79 Å². The largest absolute Gasteiger partial charge is 0.507 e. The Labute approximate surface area is 147 Å². The second kappa shape index (κ2) is 5.83. The van der Waals surface area contributed by atoms with Crippen LogP contribution >= 0.6 is 0 Å². The fourth-order valence-electron chi connectivity index (χ4n) is 3.60. The fraction of sp³-hybridized carbons (Fsp3) is 0.450. The van der Waals surface area contributed by atoms with E-state index in [0.29, 0.717) is 18.0 Å². The number of hydrogen-bond donors (Lipinski definition) is 2. The molecule has 0 saturated carbocycles. The lowest BCUT2D eigenvalue weighted by Crippen LogP contribution is -2.41. The van der Waals surface area contributed by atoms with E-state index in [-0.39, 0.29) is 11.2 Å². The molecule has 5 nitrogen and oxygen atoms in total. The van der Waals surface area contributed by atoms with Gasteiger partial charge in [0.15, 0.2) is 5.75 Å². The van der Waals surface area contributed by atoms with Crippen LogP contribution in [0.15, 0.2) is 17.1 Å². The highest BCUT2D eigenvalue weighted by Gasteiger charge is 2.35. The van der Waals surface area contributed by atoms with Gasteiger partial charge in [-0.25, -0.2) is 0 Å². The number of phenols is 1. The van der Waals surface area contributed by atoms with E-state index < -0.39 is 5.60 Å². The quantitative estimate of drug-likeness (QED) is 0.878. The number of aromatic nitrogens is 1. The van der Waals surface area contributed by atoms with Gasteiger partial charge in [0.25, 0.3) is 0 Å². The molecule has 25 heavy (non-hydrogen) atoms. The number of rotatable bonds is 2. The van der Waals surface area contributed by atoms with Crippen molar-refractivity contribution in [2.45, 2.75) is 59.6 Å². The molecular weight excluding hydrogens is 318 g/mol. The van der Waals surface area contributed by atoms with Crippen LogP contribution in [0.3, 0.4) is 0 Å². The molecule has 0 amide bonds. The first-order chi connectivity index (χ1) is 11.6. The van der Waals surface area contributed by atoms with E-state index in [1.165, 1.54) is 6.07 Å². The Balaban J connectivity index is 1.99. The maximum atomic E-state index is 11.6. The van der Waals surface area contributed by atoms with Crippen molar-refractivity contribution in [2.75, 3.05) is 0 Å². The molecule has 1 aliphatic heterocycles. The second-order valence-corrected chi connectivity index (χ2v) is 7.33. The first kappa shape index (κ1) is 17.4. The van der Waals surface area contributed by atoms with Crippen LogP contribution in [0.1, 0.15) is 41.3 Å². The molecule has 2 N–H and O–H groups in total. The highest BCUT2D eigenvalue weighted by molar-refractivity contribution is 5.58. The summed E-state index contributed by atoms with van der Waals surface area (Å²) in [4.78, 5) is 11.6. The number of ether oxygens (including phenoxy) is 1. The lowest BCUT2D eigenvalue weighted by atomic mass is 9.87. The smallest absolute Gasteiger partial charge is 0.223 e. The number of aromatic hydroxyl groups is 2. The van der Waals surface area contributed by atoms with Crippen LogP contribution in [0.4, 0.5) is 0 Å². The molecule has 5 heteroatoms. The molecule has 2 aromatic rings. The van der Waals surface area contributed by atoms with Crippen LogP contribution in [0, 0.1) is 27.7 Å². The van der Waals surface area contributed by atoms with Gasteiger partial charge in [0, 0.05) is 17.8 Å². The molecule has 0 bridgehead atoms. The van der Waals surface area contributed by atoms with Crippen LogP contribution in [0.2, 0.25) is 0 Å². The van der Waals surface area contributed by atoms with Crippen molar-refractivity contribution in [1.82, 2.24) is 4.57 Å². The standard InChI is InChI=1S/C20H25NO4/c1-11-12(2)19-15(13(3)17(11)23)6-8-20(5,25-19)10-21-9-7-16(22)18(24)14(21)4/h7,9,23-24H,6,8,10H2,1-5H3. The summed E-state index contributed by atoms with van der Waals surface area (Å²) in [5.41, 5.74) is 3.47. The Morgan fingerprint density at radius 1 is 1.12 bits per heavy atom. The number of phenolic OH excluding ortho intramolecular Hbond substituents is 1. The number of fused-ring (bicyclic) bond motifs is 1. The summed E-state index contributed by atoms with van der Waals surface area (Å²) in [5, 5.41) is 20.2. The maximum absolute atomic E-state index is 11.6. The molecule has 0 saturated heterocycles. The third-order valence-corrected chi connectivity index (χ3v) is 5.51. The Bertz CT molecular complexity index is 913. The van der Waals surface area contributed by atoms with Crippen LogP contribution < -0.4 is 10.2 Å². The van der Waals surface area contributed by atoms with Crippen LogP contribution in [-0.4, -0.2) is 20.4 Å². The van der Waals surface area contributed by atoms with Crippen LogP contribution in [-0.2, 0) is 13.0 Å². The van der Waals surface area contributed by atoms with Gasteiger partial charge in [0.05, 0.1) is 12.2 Å². The molecule has 1 aromatic carbocycles. The summed E-state index contributed by atoms with van der Waals surface area (Å²) < 4.78 is 8.26. The predicted molar refractivity (Wildman–Crippen MR) is 96.8 cm³/mol. The van der Waals surface area contributed by atoms with E-state index in [4.69, 9.17) is 4.74 Å². The molecule has 1 aromatic heterocycles. The van der Waals surface area contributed by atoms with Crippen LogP contribution in [0.5, 0.6) is 17.2 Å². The number of pyridine rings is 1. The SMILES string of the molecule is Cc1c(C)c2c(c(C)c1O)CCC(C)(Cn1ccc(=O)c(O)c1C)O2. The van der Waals surface area contributed by atoms with Crippen molar-refractivity contribution in [3.8, 4) is 17.2 Å². The van der Waals surface area contributed by atoms with Crippen molar-refractivity contribution < 1.29 is 14.9 Å². The molecule has 3 rings (SSSR count). The van der Waals surface area contributed by atoms with E-state index in [1.807, 2.05) is 32.3 Å². The Kier molecular flexibility index (Phi) is 4.06. The zero-order chi connectivity index (χ0) is 18.5. The highest BCUT2D eigenvalue weighted by Crippen LogP contribution is 2.43. The molecule has 2 heterocycles. The van der Waals surface area contributed by atoms with Crippen molar-refractivity contribution in [3.05, 3.63) is 50.4 Å². The lowest BCUT2D eigenvalue weighted by Gasteiger charge is -2.38. The van der Waals surface area contributed by atoms with Gasteiger partial charge in [-0.05, 0) is 64.2 Å². The van der Waals surface area contributed by atoms with E-state index >= 15 is 0 Å². The minimum atomic E-state index is -0.458. The van der Waals surface area contributed by atoms with Crippen molar-refractivity contribution in [2.24, 2.45) is 0 Å². The average molecular weight is 343 g/mol. The molecule has 0 fully saturated rings. The predicted octanol–water partition coefficient (Wildman–Crippen LogP) is 3.28. The van der Waals surface area contributed by atoms with Crippen LogP contribution in [0.25, 0.3) is 0 Å². The minimum absolute atomic E-state index is 0.213. The van der Waals surface area contributed by atoms with E-state index in [0.717, 1.165) is 40.8 Å². The fourth-order valence-corrected chi connectivity index (χ4v) is 3.60. The van der Waals surface area contributed by atoms with E-state index in [9.17, 15) is 15.0 Å². The third-order valence-electron chi connectivity index (χ3n) is 5.51. The van der Waals surface area contributed by atoms with Gasteiger partial charge in [0.1, 0.15) is 17.1 Å². The molecule has 1 atom stereocenters. The number of benzene rings is 1. The van der Waals surface area contributed by atoms with Gasteiger partial charge < -0.3 is 19.5 Å². The van der Waals surface area contributed by atoms with E-state index in [1.54, 1.807) is 13.1 Å². The summed E-state index contributed by atoms with van der Waals surface area (Å²) in [5.74, 6) is 0.990. The highest BCUT2D eigenvalue weighted by atomic mass is 16.5. The Morgan fingerprint density at radius 2 is 1.80 bits per heavy atom. The molecule has 0 spiro atoms. The minimum Gasteiger partial charge on any atom is -0.507 e. The molecule has 0 radical (unpaired) electrons. The zero-order valence-electron chi connectivity index (χ0n) is 15.4. The Morgan fingerprint density at radius 3 is 2.48 bits per heavy atom. The average Bonchev–Trinajstić information content (AvgIpc) is 2.58. The Hall–Kier alpha value is -2.43. The number of nitrogens with zero attached hydrogens (tertiary/aromatic N) is 1. The van der Waals surface area contributed by atoms with Gasteiger partial charge >= 0.3 is 0 Å². The normalized spacial score (nSPS) is 19.4. The molecule has 1 aliphatic rings. The van der Waals surface area contributed by atoms with Crippen molar-refractivity contribution in [3.63, 3.8) is 0 Å². The summed E-state index contributed by atoms with van der Waals surface area (Å²) in [6, 6.07) is 1.38.